The van der Waals surface area contributed by atoms with Gasteiger partial charge in [0.25, 0.3) is 0 Å². The Labute approximate surface area is 96.0 Å². The second-order valence-electron chi connectivity index (χ2n) is 4.50. The van der Waals surface area contributed by atoms with E-state index in [1.54, 1.807) is 6.92 Å². The van der Waals surface area contributed by atoms with E-state index in [0.29, 0.717) is 12.3 Å². The Morgan fingerprint density at radius 1 is 1.25 bits per heavy atom. The number of rotatable bonds is 6. The molecular formula is C11H21NO4. The molecule has 0 amide bonds. The highest BCUT2D eigenvalue weighted by molar-refractivity contribution is 5.76. The number of ether oxygens (including phenoxy) is 1. The number of carboxylic acid groups (broad SMARTS) is 1. The number of hydrogen-bond acceptors (Lipinski definition) is 4. The van der Waals surface area contributed by atoms with E-state index in [9.17, 15) is 9.59 Å². The van der Waals surface area contributed by atoms with Crippen molar-refractivity contribution in [3.05, 3.63) is 0 Å². The molecule has 16 heavy (non-hydrogen) atoms. The van der Waals surface area contributed by atoms with Gasteiger partial charge in [0.15, 0.2) is 0 Å². The van der Waals surface area contributed by atoms with Crippen LogP contribution in [0.2, 0.25) is 0 Å². The van der Waals surface area contributed by atoms with Gasteiger partial charge < -0.3 is 15.6 Å². The first-order chi connectivity index (χ1) is 7.25. The van der Waals surface area contributed by atoms with Gasteiger partial charge in [-0.05, 0) is 26.2 Å². The molecule has 0 aromatic heterocycles. The van der Waals surface area contributed by atoms with Crippen molar-refractivity contribution in [3.63, 3.8) is 0 Å². The van der Waals surface area contributed by atoms with Crippen molar-refractivity contribution < 1.29 is 19.4 Å². The molecule has 0 aliphatic carbocycles. The SMILES string of the molecule is CC(C)C[C@H](N)C(=O)OC(C)C(C)C(=O)O. The van der Waals surface area contributed by atoms with Crippen molar-refractivity contribution in [2.75, 3.05) is 0 Å². The molecule has 3 N–H and O–H groups in total. The Balaban J connectivity index is 4.18. The van der Waals surface area contributed by atoms with Crippen LogP contribution in [0.4, 0.5) is 0 Å². The first-order valence-corrected chi connectivity index (χ1v) is 5.44. The molecule has 0 radical (unpaired) electrons. The molecule has 0 fully saturated rings. The van der Waals surface area contributed by atoms with Crippen LogP contribution in [-0.4, -0.2) is 29.2 Å². The molecule has 0 saturated carbocycles. The van der Waals surface area contributed by atoms with E-state index in [2.05, 4.69) is 0 Å². The lowest BCUT2D eigenvalue weighted by molar-refractivity contribution is -0.158. The molecule has 0 saturated heterocycles. The second-order valence-corrected chi connectivity index (χ2v) is 4.50. The topological polar surface area (TPSA) is 89.6 Å². The van der Waals surface area contributed by atoms with Gasteiger partial charge in [0, 0.05) is 0 Å². The molecule has 0 rings (SSSR count). The molecule has 0 aliphatic rings. The van der Waals surface area contributed by atoms with Crippen LogP contribution in [0, 0.1) is 11.8 Å². The van der Waals surface area contributed by atoms with Crippen molar-refractivity contribution in [1.29, 1.82) is 0 Å². The van der Waals surface area contributed by atoms with Crippen molar-refractivity contribution in [2.24, 2.45) is 17.6 Å². The Bertz CT molecular complexity index is 252. The van der Waals surface area contributed by atoms with Gasteiger partial charge >= 0.3 is 11.9 Å². The minimum absolute atomic E-state index is 0.301. The van der Waals surface area contributed by atoms with Gasteiger partial charge in [-0.3, -0.25) is 9.59 Å². The standard InChI is InChI=1S/C11H21NO4/c1-6(2)5-9(12)11(15)16-8(4)7(3)10(13)14/h6-9H,5,12H2,1-4H3,(H,13,14)/t7?,8?,9-/m0/s1. The van der Waals surface area contributed by atoms with E-state index >= 15 is 0 Å². The molecule has 94 valence electrons. The van der Waals surface area contributed by atoms with Crippen LogP contribution in [0.15, 0.2) is 0 Å². The molecule has 0 aromatic carbocycles. The maximum Gasteiger partial charge on any atom is 0.323 e. The summed E-state index contributed by atoms with van der Waals surface area (Å²) >= 11 is 0. The quantitative estimate of drug-likeness (QED) is 0.666. The molecule has 3 atom stereocenters. The van der Waals surface area contributed by atoms with E-state index in [-0.39, 0.29) is 0 Å². The zero-order valence-electron chi connectivity index (χ0n) is 10.3. The minimum atomic E-state index is -0.988. The minimum Gasteiger partial charge on any atom is -0.481 e. The van der Waals surface area contributed by atoms with Gasteiger partial charge in [-0.25, -0.2) is 0 Å². The first-order valence-electron chi connectivity index (χ1n) is 5.44. The Hall–Kier alpha value is -1.10. The predicted octanol–water partition coefficient (Wildman–Crippen LogP) is 1.01. The molecule has 0 aromatic rings. The van der Waals surface area contributed by atoms with Crippen LogP contribution in [0.1, 0.15) is 34.1 Å². The van der Waals surface area contributed by atoms with Gasteiger partial charge in [-0.2, -0.15) is 0 Å². The largest absolute Gasteiger partial charge is 0.481 e. The number of nitrogens with two attached hydrogens (primary N) is 1. The highest BCUT2D eigenvalue weighted by Gasteiger charge is 2.25. The number of esters is 1. The maximum atomic E-state index is 11.5. The summed E-state index contributed by atoms with van der Waals surface area (Å²) in [6, 6.07) is -0.677. The molecule has 0 spiro atoms. The zero-order valence-corrected chi connectivity index (χ0v) is 10.3. The van der Waals surface area contributed by atoms with Crippen molar-refractivity contribution in [1.82, 2.24) is 0 Å². The number of carboxylic acids is 1. The van der Waals surface area contributed by atoms with Gasteiger partial charge in [0.05, 0.1) is 5.92 Å². The monoisotopic (exact) mass is 231 g/mol. The molecule has 0 aliphatic heterocycles. The smallest absolute Gasteiger partial charge is 0.323 e. The summed E-state index contributed by atoms with van der Waals surface area (Å²) in [6.45, 7) is 6.96. The number of aliphatic carboxylic acids is 1. The van der Waals surface area contributed by atoms with E-state index in [1.165, 1.54) is 6.92 Å². The normalized spacial score (nSPS) is 16.6. The zero-order chi connectivity index (χ0) is 12.9. The van der Waals surface area contributed by atoms with E-state index in [1.807, 2.05) is 13.8 Å². The summed E-state index contributed by atoms with van der Waals surface area (Å²) in [5.74, 6) is -1.95. The van der Waals surface area contributed by atoms with Crippen LogP contribution in [-0.2, 0) is 14.3 Å². The van der Waals surface area contributed by atoms with Gasteiger partial charge in [0.1, 0.15) is 12.1 Å². The van der Waals surface area contributed by atoms with Gasteiger partial charge in [-0.1, -0.05) is 13.8 Å². The molecule has 0 bridgehead atoms. The molecule has 5 heteroatoms. The highest BCUT2D eigenvalue weighted by Crippen LogP contribution is 2.10. The molecular weight excluding hydrogens is 210 g/mol. The van der Waals surface area contributed by atoms with Crippen LogP contribution in [0.3, 0.4) is 0 Å². The third kappa shape index (κ3) is 5.11. The first kappa shape index (κ1) is 14.9. The fourth-order valence-electron chi connectivity index (χ4n) is 1.18. The third-order valence-corrected chi connectivity index (χ3v) is 2.42. The average molecular weight is 231 g/mol. The Morgan fingerprint density at radius 3 is 2.12 bits per heavy atom. The van der Waals surface area contributed by atoms with Crippen molar-refractivity contribution in [3.8, 4) is 0 Å². The molecule has 2 unspecified atom stereocenters. The summed E-state index contributed by atoms with van der Waals surface area (Å²) in [6.07, 6.45) is -0.129. The van der Waals surface area contributed by atoms with Crippen LogP contribution in [0.5, 0.6) is 0 Å². The van der Waals surface area contributed by atoms with E-state index < -0.39 is 30.0 Å². The lowest BCUT2D eigenvalue weighted by atomic mass is 10.0. The number of hydrogen-bond donors (Lipinski definition) is 2. The third-order valence-electron chi connectivity index (χ3n) is 2.42. The lowest BCUT2D eigenvalue weighted by Gasteiger charge is -2.20. The van der Waals surface area contributed by atoms with Crippen LogP contribution >= 0.6 is 0 Å². The fraction of sp³-hybridized carbons (Fsp3) is 0.818. The Morgan fingerprint density at radius 2 is 1.75 bits per heavy atom. The molecule has 5 nitrogen and oxygen atoms in total. The second kappa shape index (κ2) is 6.48. The summed E-state index contributed by atoms with van der Waals surface area (Å²) in [5.41, 5.74) is 5.62. The molecule has 0 heterocycles. The van der Waals surface area contributed by atoms with Crippen LogP contribution in [0.25, 0.3) is 0 Å². The average Bonchev–Trinajstić information content (AvgIpc) is 2.14. The van der Waals surface area contributed by atoms with Gasteiger partial charge in [-0.15, -0.1) is 0 Å². The summed E-state index contributed by atoms with van der Waals surface area (Å²) in [7, 11) is 0. The van der Waals surface area contributed by atoms with E-state index in [0.717, 1.165) is 0 Å². The Kier molecular flexibility index (Phi) is 6.03. The summed E-state index contributed by atoms with van der Waals surface area (Å²) in [4.78, 5) is 22.1. The van der Waals surface area contributed by atoms with Gasteiger partial charge in [0.2, 0.25) is 0 Å². The van der Waals surface area contributed by atoms with Crippen molar-refractivity contribution >= 4 is 11.9 Å². The summed E-state index contributed by atoms with van der Waals surface area (Å²) < 4.78 is 4.99. The summed E-state index contributed by atoms with van der Waals surface area (Å²) in [5, 5.41) is 8.73. The number of carbonyl (C=O) groups is 2. The van der Waals surface area contributed by atoms with Crippen LogP contribution < -0.4 is 5.73 Å². The van der Waals surface area contributed by atoms with Crippen molar-refractivity contribution in [2.45, 2.75) is 46.3 Å². The number of carbonyl (C=O) groups excluding carboxylic acids is 1. The highest BCUT2D eigenvalue weighted by atomic mass is 16.5. The predicted molar refractivity (Wildman–Crippen MR) is 59.8 cm³/mol. The maximum absolute atomic E-state index is 11.5. The fourth-order valence-corrected chi connectivity index (χ4v) is 1.18. The lowest BCUT2D eigenvalue weighted by Crippen LogP contribution is -2.38. The van der Waals surface area contributed by atoms with E-state index in [4.69, 9.17) is 15.6 Å².